The number of fused-ring (bicyclic) bond motifs is 3. The molecule has 0 unspecified atom stereocenters. The van der Waals surface area contributed by atoms with E-state index in [1.807, 2.05) is 6.07 Å². The molecule has 0 radical (unpaired) electrons. The van der Waals surface area contributed by atoms with E-state index in [1.165, 1.54) is 27.9 Å². The highest BCUT2D eigenvalue weighted by atomic mass is 19.1. The molecule has 1 aromatic heterocycles. The molecule has 25 heavy (non-hydrogen) atoms. The van der Waals surface area contributed by atoms with Crippen molar-refractivity contribution >= 4 is 10.9 Å². The van der Waals surface area contributed by atoms with Gasteiger partial charge in [-0.25, -0.2) is 4.39 Å². The molecule has 0 spiro atoms. The summed E-state index contributed by atoms with van der Waals surface area (Å²) in [5.41, 5.74) is 6.61. The molecule has 2 nitrogen and oxygen atoms in total. The number of rotatable bonds is 4. The molecule has 0 bridgehead atoms. The first-order chi connectivity index (χ1) is 12.1. The van der Waals surface area contributed by atoms with Gasteiger partial charge in [0.25, 0.3) is 0 Å². The monoisotopic (exact) mass is 336 g/mol. The molecule has 1 aliphatic rings. The molecule has 0 amide bonds. The molecule has 130 valence electrons. The van der Waals surface area contributed by atoms with Crippen molar-refractivity contribution in [2.24, 2.45) is 0 Å². The van der Waals surface area contributed by atoms with E-state index in [2.05, 4.69) is 47.7 Å². The van der Waals surface area contributed by atoms with Crippen molar-refractivity contribution < 1.29 is 4.39 Å². The van der Waals surface area contributed by atoms with Crippen LogP contribution in [0.3, 0.4) is 0 Å². The molecule has 0 N–H and O–H groups in total. The first-order valence-corrected chi connectivity index (χ1v) is 9.15. The molecule has 3 aromatic rings. The van der Waals surface area contributed by atoms with E-state index in [1.54, 1.807) is 12.1 Å². The van der Waals surface area contributed by atoms with Gasteiger partial charge in [-0.2, -0.15) is 0 Å². The number of halogens is 1. The quantitative estimate of drug-likeness (QED) is 0.670. The number of aryl methyl sites for hydroxylation is 3. The molecule has 0 fully saturated rings. The first-order valence-electron chi connectivity index (χ1n) is 9.15. The van der Waals surface area contributed by atoms with E-state index < -0.39 is 0 Å². The van der Waals surface area contributed by atoms with Crippen LogP contribution in [0.5, 0.6) is 0 Å². The lowest BCUT2D eigenvalue weighted by Gasteiger charge is -2.24. The average molecular weight is 336 g/mol. The summed E-state index contributed by atoms with van der Waals surface area (Å²) in [5.74, 6) is -0.139. The standard InChI is InChI=1S/C22H25FN2/c1-16-5-7-17(8-6-16)4-3-12-25-21-10-9-18(23)14-19(21)20-15-24(2)13-11-22(20)25/h5-10,14H,3-4,11-13,15H2,1-2H3. The molecular formula is C22H25FN2. The van der Waals surface area contributed by atoms with Crippen LogP contribution in [0.4, 0.5) is 4.39 Å². The lowest BCUT2D eigenvalue weighted by Crippen LogP contribution is -2.27. The zero-order chi connectivity index (χ0) is 17.4. The summed E-state index contributed by atoms with van der Waals surface area (Å²) in [6.07, 6.45) is 3.23. The van der Waals surface area contributed by atoms with E-state index in [0.717, 1.165) is 44.3 Å². The second-order valence-corrected chi connectivity index (χ2v) is 7.32. The van der Waals surface area contributed by atoms with Crippen LogP contribution >= 0.6 is 0 Å². The summed E-state index contributed by atoms with van der Waals surface area (Å²) in [7, 11) is 2.14. The summed E-state index contributed by atoms with van der Waals surface area (Å²) in [6, 6.07) is 14.1. The molecule has 3 heteroatoms. The molecule has 0 saturated carbocycles. The van der Waals surface area contributed by atoms with Crippen LogP contribution in [-0.4, -0.2) is 23.1 Å². The number of hydrogen-bond acceptors (Lipinski definition) is 1. The number of likely N-dealkylation sites (N-methyl/N-ethyl adjacent to an activating group) is 1. The Labute approximate surface area is 148 Å². The second-order valence-electron chi connectivity index (χ2n) is 7.32. The zero-order valence-electron chi connectivity index (χ0n) is 15.1. The first kappa shape index (κ1) is 16.3. The SMILES string of the molecule is Cc1ccc(CCCn2c3c(c4cc(F)ccc42)CN(C)CC3)cc1. The molecule has 2 aromatic carbocycles. The van der Waals surface area contributed by atoms with Crippen molar-refractivity contribution in [1.29, 1.82) is 0 Å². The van der Waals surface area contributed by atoms with Crippen molar-refractivity contribution in [3.8, 4) is 0 Å². The fourth-order valence-corrected chi connectivity index (χ4v) is 4.01. The highest BCUT2D eigenvalue weighted by molar-refractivity contribution is 5.86. The van der Waals surface area contributed by atoms with Crippen LogP contribution in [0.2, 0.25) is 0 Å². The average Bonchev–Trinajstić information content (AvgIpc) is 2.89. The number of nitrogens with zero attached hydrogens (tertiary/aromatic N) is 2. The Kier molecular flexibility index (Phi) is 4.34. The fourth-order valence-electron chi connectivity index (χ4n) is 4.01. The predicted octanol–water partition coefficient (Wildman–Crippen LogP) is 4.71. The van der Waals surface area contributed by atoms with Crippen LogP contribution < -0.4 is 0 Å². The minimum Gasteiger partial charge on any atom is -0.344 e. The van der Waals surface area contributed by atoms with Gasteiger partial charge in [-0.3, -0.25) is 0 Å². The third-order valence-corrected chi connectivity index (χ3v) is 5.37. The lowest BCUT2D eigenvalue weighted by molar-refractivity contribution is 0.309. The highest BCUT2D eigenvalue weighted by Crippen LogP contribution is 2.31. The minimum absolute atomic E-state index is 0.139. The van der Waals surface area contributed by atoms with Gasteiger partial charge in [0.05, 0.1) is 0 Å². The maximum absolute atomic E-state index is 13.8. The van der Waals surface area contributed by atoms with Gasteiger partial charge in [0, 0.05) is 42.7 Å². The van der Waals surface area contributed by atoms with E-state index >= 15 is 0 Å². The summed E-state index contributed by atoms with van der Waals surface area (Å²) in [4.78, 5) is 2.32. The van der Waals surface area contributed by atoms with Gasteiger partial charge in [0.15, 0.2) is 0 Å². The third kappa shape index (κ3) is 3.21. The fraction of sp³-hybridized carbons (Fsp3) is 0.364. The maximum atomic E-state index is 13.8. The van der Waals surface area contributed by atoms with Gasteiger partial charge >= 0.3 is 0 Å². The Hall–Kier alpha value is -2.13. The van der Waals surface area contributed by atoms with Gasteiger partial charge in [-0.1, -0.05) is 29.8 Å². The largest absolute Gasteiger partial charge is 0.344 e. The molecule has 0 saturated heterocycles. The number of benzene rings is 2. The van der Waals surface area contributed by atoms with Gasteiger partial charge in [0.1, 0.15) is 5.82 Å². The van der Waals surface area contributed by atoms with Crippen molar-refractivity contribution in [3.05, 3.63) is 70.7 Å². The maximum Gasteiger partial charge on any atom is 0.123 e. The molecule has 0 aliphatic carbocycles. The zero-order valence-corrected chi connectivity index (χ0v) is 15.1. The summed E-state index contributed by atoms with van der Waals surface area (Å²) in [6.45, 7) is 5.11. The van der Waals surface area contributed by atoms with Crippen LogP contribution in [-0.2, 0) is 25.9 Å². The van der Waals surface area contributed by atoms with Crippen molar-refractivity contribution in [3.63, 3.8) is 0 Å². The van der Waals surface area contributed by atoms with Crippen LogP contribution in [0.15, 0.2) is 42.5 Å². The van der Waals surface area contributed by atoms with Gasteiger partial charge in [-0.15, -0.1) is 0 Å². The van der Waals surface area contributed by atoms with Gasteiger partial charge in [-0.05, 0) is 56.1 Å². The molecule has 1 aliphatic heterocycles. The highest BCUT2D eigenvalue weighted by Gasteiger charge is 2.22. The van der Waals surface area contributed by atoms with Crippen molar-refractivity contribution in [2.75, 3.05) is 13.6 Å². The topological polar surface area (TPSA) is 8.17 Å². The van der Waals surface area contributed by atoms with Crippen LogP contribution in [0.25, 0.3) is 10.9 Å². The summed E-state index contributed by atoms with van der Waals surface area (Å²) >= 11 is 0. The van der Waals surface area contributed by atoms with E-state index in [4.69, 9.17) is 0 Å². The Bertz CT molecular complexity index is 893. The number of hydrogen-bond donors (Lipinski definition) is 0. The van der Waals surface area contributed by atoms with Gasteiger partial charge < -0.3 is 9.47 Å². The summed E-state index contributed by atoms with van der Waals surface area (Å²) < 4.78 is 16.2. The van der Waals surface area contributed by atoms with Crippen LogP contribution in [0, 0.1) is 12.7 Å². The Morgan fingerprint density at radius 3 is 2.68 bits per heavy atom. The Balaban J connectivity index is 1.61. The minimum atomic E-state index is -0.139. The number of aromatic nitrogens is 1. The normalized spacial score (nSPS) is 14.8. The molecule has 2 heterocycles. The summed E-state index contributed by atoms with van der Waals surface area (Å²) in [5, 5.41) is 1.09. The Morgan fingerprint density at radius 1 is 1.08 bits per heavy atom. The predicted molar refractivity (Wildman–Crippen MR) is 101 cm³/mol. The van der Waals surface area contributed by atoms with Gasteiger partial charge in [0.2, 0.25) is 0 Å². The van der Waals surface area contributed by atoms with E-state index in [-0.39, 0.29) is 5.82 Å². The Morgan fingerprint density at radius 2 is 1.88 bits per heavy atom. The van der Waals surface area contributed by atoms with Crippen molar-refractivity contribution in [2.45, 2.75) is 39.3 Å². The second kappa shape index (κ2) is 6.64. The van der Waals surface area contributed by atoms with E-state index in [9.17, 15) is 4.39 Å². The lowest BCUT2D eigenvalue weighted by atomic mass is 10.0. The van der Waals surface area contributed by atoms with Crippen molar-refractivity contribution in [1.82, 2.24) is 9.47 Å². The van der Waals surface area contributed by atoms with E-state index in [0.29, 0.717) is 0 Å². The third-order valence-electron chi connectivity index (χ3n) is 5.37. The van der Waals surface area contributed by atoms with Crippen LogP contribution in [0.1, 0.15) is 28.8 Å². The molecular weight excluding hydrogens is 311 g/mol. The molecule has 0 atom stereocenters. The molecule has 4 rings (SSSR count). The smallest absolute Gasteiger partial charge is 0.123 e.